The Kier molecular flexibility index (Phi) is 6.57. The number of piperazine rings is 1. The molecule has 1 aromatic heterocycles. The second kappa shape index (κ2) is 10.2. The van der Waals surface area contributed by atoms with Crippen molar-refractivity contribution < 1.29 is 19.2 Å². The number of imide groups is 2. The van der Waals surface area contributed by atoms with E-state index in [-0.39, 0.29) is 18.7 Å². The van der Waals surface area contributed by atoms with Gasteiger partial charge in [-0.1, -0.05) is 6.07 Å². The minimum Gasteiger partial charge on any atom is -0.371 e. The number of nitrogens with zero attached hydrogens (tertiary/aromatic N) is 5. The van der Waals surface area contributed by atoms with E-state index < -0.39 is 23.8 Å². The van der Waals surface area contributed by atoms with Crippen LogP contribution in [0.4, 0.5) is 11.5 Å². The summed E-state index contributed by atoms with van der Waals surface area (Å²) in [6.45, 7) is 6.97. The summed E-state index contributed by atoms with van der Waals surface area (Å²) in [5.41, 5.74) is 1.59. The lowest BCUT2D eigenvalue weighted by atomic mass is 9.95. The fourth-order valence-corrected chi connectivity index (χ4v) is 6.09. The Morgan fingerprint density at radius 3 is 2.29 bits per heavy atom. The summed E-state index contributed by atoms with van der Waals surface area (Å²) in [5, 5.41) is 2.24. The number of piperidine rings is 2. The number of pyridine rings is 1. The number of amides is 4. The molecule has 10 nitrogen and oxygen atoms in total. The monoisotopic (exact) mass is 516 g/mol. The third-order valence-electron chi connectivity index (χ3n) is 8.26. The van der Waals surface area contributed by atoms with E-state index in [4.69, 9.17) is 0 Å². The lowest BCUT2D eigenvalue weighted by Gasteiger charge is -2.39. The molecule has 1 aromatic carbocycles. The maximum atomic E-state index is 13.2. The molecule has 38 heavy (non-hydrogen) atoms. The van der Waals surface area contributed by atoms with Crippen LogP contribution in [-0.2, 0) is 9.59 Å². The minimum absolute atomic E-state index is 0.115. The normalized spacial score (nSPS) is 23.2. The number of hydrogen-bond donors (Lipinski definition) is 1. The van der Waals surface area contributed by atoms with E-state index in [2.05, 4.69) is 31.1 Å². The van der Waals surface area contributed by atoms with Crippen LogP contribution >= 0.6 is 0 Å². The van der Waals surface area contributed by atoms with Gasteiger partial charge in [0.2, 0.25) is 11.8 Å². The topological polar surface area (TPSA) is 106 Å². The zero-order valence-electron chi connectivity index (χ0n) is 21.3. The van der Waals surface area contributed by atoms with E-state index in [0.29, 0.717) is 17.0 Å². The van der Waals surface area contributed by atoms with Crippen LogP contribution in [0.3, 0.4) is 0 Å². The summed E-state index contributed by atoms with van der Waals surface area (Å²) in [4.78, 5) is 62.6. The first-order valence-corrected chi connectivity index (χ1v) is 13.5. The Morgan fingerprint density at radius 1 is 0.816 bits per heavy atom. The van der Waals surface area contributed by atoms with Gasteiger partial charge in [-0.25, -0.2) is 4.98 Å². The maximum absolute atomic E-state index is 13.2. The molecule has 0 aliphatic carbocycles. The van der Waals surface area contributed by atoms with Gasteiger partial charge in [-0.3, -0.25) is 34.3 Å². The van der Waals surface area contributed by atoms with E-state index in [0.717, 1.165) is 75.1 Å². The second-order valence-electron chi connectivity index (χ2n) is 10.6. The first kappa shape index (κ1) is 24.5. The lowest BCUT2D eigenvalue weighted by Crippen LogP contribution is -2.54. The van der Waals surface area contributed by atoms with Crippen molar-refractivity contribution in [2.75, 3.05) is 55.6 Å². The van der Waals surface area contributed by atoms with Crippen molar-refractivity contribution in [2.45, 2.75) is 31.7 Å². The highest BCUT2D eigenvalue weighted by Crippen LogP contribution is 2.32. The van der Waals surface area contributed by atoms with Crippen molar-refractivity contribution in [3.05, 3.63) is 53.7 Å². The summed E-state index contributed by atoms with van der Waals surface area (Å²) in [6.07, 6.45) is 4.27. The first-order chi connectivity index (χ1) is 18.5. The highest BCUT2D eigenvalue weighted by molar-refractivity contribution is 6.23. The van der Waals surface area contributed by atoms with E-state index in [1.165, 1.54) is 0 Å². The van der Waals surface area contributed by atoms with Crippen LogP contribution < -0.4 is 15.1 Å². The average Bonchev–Trinajstić information content (AvgIpc) is 3.19. The average molecular weight is 517 g/mol. The molecule has 2 aromatic rings. The Labute approximate surface area is 221 Å². The zero-order chi connectivity index (χ0) is 26.2. The molecule has 1 unspecified atom stereocenters. The van der Waals surface area contributed by atoms with Crippen LogP contribution in [0.2, 0.25) is 0 Å². The van der Waals surface area contributed by atoms with Crippen LogP contribution in [0, 0.1) is 5.92 Å². The highest BCUT2D eigenvalue weighted by Gasteiger charge is 2.44. The molecular formula is C28H32N6O4. The molecule has 10 heteroatoms. The third kappa shape index (κ3) is 4.64. The molecule has 3 saturated heterocycles. The molecule has 5 heterocycles. The number of rotatable bonds is 5. The van der Waals surface area contributed by atoms with Gasteiger partial charge in [0.25, 0.3) is 11.8 Å². The SMILES string of the molecule is O=C1CCC(N2C(=O)c3ccc(N4CCC(CN5CCN(c6ccccn6)CC5)CC4)cc3C2=O)C(=O)N1. The second-order valence-corrected chi connectivity index (χ2v) is 10.6. The van der Waals surface area contributed by atoms with Crippen molar-refractivity contribution >= 4 is 35.1 Å². The van der Waals surface area contributed by atoms with Gasteiger partial charge in [-0.15, -0.1) is 0 Å². The Hall–Kier alpha value is -3.79. The van der Waals surface area contributed by atoms with E-state index in [1.807, 2.05) is 24.4 Å². The molecule has 4 aliphatic rings. The molecule has 1 N–H and O–H groups in total. The first-order valence-electron chi connectivity index (χ1n) is 13.5. The molecule has 198 valence electrons. The van der Waals surface area contributed by atoms with Gasteiger partial charge in [0.1, 0.15) is 11.9 Å². The standard InChI is InChI=1S/C28H32N6O4/c35-25-7-6-23(26(36)30-25)34-27(37)21-5-4-20(17-22(21)28(34)38)32-11-8-19(9-12-32)18-31-13-15-33(16-14-31)24-3-1-2-10-29-24/h1-5,10,17,19,23H,6-9,11-16,18H2,(H,30,35,36). The molecule has 1 atom stereocenters. The van der Waals surface area contributed by atoms with E-state index in [9.17, 15) is 19.2 Å². The summed E-state index contributed by atoms with van der Waals surface area (Å²) in [7, 11) is 0. The maximum Gasteiger partial charge on any atom is 0.262 e. The molecule has 3 fully saturated rings. The molecule has 0 spiro atoms. The Bertz CT molecular complexity index is 1250. The van der Waals surface area contributed by atoms with E-state index in [1.54, 1.807) is 12.1 Å². The largest absolute Gasteiger partial charge is 0.371 e. The molecule has 0 saturated carbocycles. The van der Waals surface area contributed by atoms with Crippen molar-refractivity contribution in [1.29, 1.82) is 0 Å². The number of hydrogen-bond acceptors (Lipinski definition) is 8. The number of carbonyl (C=O) groups excluding carboxylic acids is 4. The van der Waals surface area contributed by atoms with Crippen LogP contribution in [0.15, 0.2) is 42.6 Å². The predicted octanol–water partition coefficient (Wildman–Crippen LogP) is 1.52. The van der Waals surface area contributed by atoms with Gasteiger partial charge < -0.3 is 9.80 Å². The molecule has 0 bridgehead atoms. The minimum atomic E-state index is -0.940. The van der Waals surface area contributed by atoms with Gasteiger partial charge in [0.15, 0.2) is 0 Å². The molecule has 4 aliphatic heterocycles. The van der Waals surface area contributed by atoms with Gasteiger partial charge in [-0.05, 0) is 55.5 Å². The van der Waals surface area contributed by atoms with Gasteiger partial charge in [0.05, 0.1) is 11.1 Å². The molecule has 4 amide bonds. The van der Waals surface area contributed by atoms with Crippen LogP contribution in [-0.4, -0.2) is 90.3 Å². The number of nitrogens with one attached hydrogen (secondary N) is 1. The Balaban J connectivity index is 1.04. The van der Waals surface area contributed by atoms with Gasteiger partial charge in [-0.2, -0.15) is 0 Å². The molecular weight excluding hydrogens is 484 g/mol. The van der Waals surface area contributed by atoms with Gasteiger partial charge >= 0.3 is 0 Å². The molecule has 0 radical (unpaired) electrons. The highest BCUT2D eigenvalue weighted by atomic mass is 16.2. The fraction of sp³-hybridized carbons (Fsp3) is 0.464. The Morgan fingerprint density at radius 2 is 1.58 bits per heavy atom. The van der Waals surface area contributed by atoms with Crippen LogP contribution in [0.5, 0.6) is 0 Å². The molecule has 6 rings (SSSR count). The zero-order valence-corrected chi connectivity index (χ0v) is 21.3. The fourth-order valence-electron chi connectivity index (χ4n) is 6.09. The van der Waals surface area contributed by atoms with Crippen LogP contribution in [0.1, 0.15) is 46.4 Å². The summed E-state index contributed by atoms with van der Waals surface area (Å²) >= 11 is 0. The lowest BCUT2D eigenvalue weighted by molar-refractivity contribution is -0.136. The van der Waals surface area contributed by atoms with Crippen molar-refractivity contribution in [3.8, 4) is 0 Å². The van der Waals surface area contributed by atoms with Crippen LogP contribution in [0.25, 0.3) is 0 Å². The summed E-state index contributed by atoms with van der Waals surface area (Å²) in [5.74, 6) is -0.200. The van der Waals surface area contributed by atoms with Crippen molar-refractivity contribution in [1.82, 2.24) is 20.1 Å². The number of aromatic nitrogens is 1. The predicted molar refractivity (Wildman–Crippen MR) is 141 cm³/mol. The van der Waals surface area contributed by atoms with Gasteiger partial charge in [0, 0.05) is 64.1 Å². The van der Waals surface area contributed by atoms with E-state index >= 15 is 0 Å². The quantitative estimate of drug-likeness (QED) is 0.597. The van der Waals surface area contributed by atoms with Crippen molar-refractivity contribution in [3.63, 3.8) is 0 Å². The summed E-state index contributed by atoms with van der Waals surface area (Å²) < 4.78 is 0. The number of benzene rings is 1. The third-order valence-corrected chi connectivity index (χ3v) is 8.26. The smallest absolute Gasteiger partial charge is 0.262 e. The summed E-state index contributed by atoms with van der Waals surface area (Å²) in [6, 6.07) is 10.5. The number of anilines is 2. The van der Waals surface area contributed by atoms with Crippen molar-refractivity contribution in [2.24, 2.45) is 5.92 Å². The number of fused-ring (bicyclic) bond motifs is 1. The number of carbonyl (C=O) groups is 4.